The molecular formula is C7H4BrClN2. The lowest BCUT2D eigenvalue weighted by atomic mass is 10.3. The number of fused-ring (bicyclic) bond motifs is 1. The smallest absolute Gasteiger partial charge is 0.138 e. The first-order valence-corrected chi connectivity index (χ1v) is 4.23. The number of nitrogens with one attached hydrogen (secondary N) is 1. The number of pyridine rings is 1. The highest BCUT2D eigenvalue weighted by Gasteiger charge is 2.01. The van der Waals surface area contributed by atoms with Gasteiger partial charge in [0.1, 0.15) is 5.15 Å². The molecule has 4 heteroatoms. The van der Waals surface area contributed by atoms with Crippen molar-refractivity contribution in [3.05, 3.63) is 28.1 Å². The lowest BCUT2D eigenvalue weighted by molar-refractivity contribution is 1.35. The van der Waals surface area contributed by atoms with Crippen LogP contribution in [-0.2, 0) is 0 Å². The number of hydrogen-bond acceptors (Lipinski definition) is 1. The highest BCUT2D eigenvalue weighted by atomic mass is 79.9. The van der Waals surface area contributed by atoms with E-state index in [1.54, 1.807) is 6.20 Å². The zero-order valence-electron chi connectivity index (χ0n) is 5.44. The topological polar surface area (TPSA) is 28.7 Å². The van der Waals surface area contributed by atoms with Crippen LogP contribution in [0.3, 0.4) is 0 Å². The average molecular weight is 231 g/mol. The van der Waals surface area contributed by atoms with Gasteiger partial charge in [0.05, 0.1) is 10.1 Å². The van der Waals surface area contributed by atoms with Crippen LogP contribution in [0.1, 0.15) is 0 Å². The van der Waals surface area contributed by atoms with E-state index in [9.17, 15) is 0 Å². The first-order chi connectivity index (χ1) is 5.27. The van der Waals surface area contributed by atoms with E-state index in [1.807, 2.05) is 12.1 Å². The Morgan fingerprint density at radius 3 is 3.09 bits per heavy atom. The molecule has 2 aromatic heterocycles. The molecule has 11 heavy (non-hydrogen) atoms. The highest BCUT2D eigenvalue weighted by Crippen LogP contribution is 2.23. The summed E-state index contributed by atoms with van der Waals surface area (Å²) in [6.45, 7) is 0. The largest absolute Gasteiger partial charge is 0.349 e. The molecule has 0 bridgehead atoms. The summed E-state index contributed by atoms with van der Waals surface area (Å²) in [6.07, 6.45) is 1.67. The van der Waals surface area contributed by atoms with E-state index < -0.39 is 0 Å². The van der Waals surface area contributed by atoms with Crippen molar-refractivity contribution in [3.8, 4) is 0 Å². The lowest BCUT2D eigenvalue weighted by Gasteiger charge is -1.88. The van der Waals surface area contributed by atoms with Crippen molar-refractivity contribution in [2.45, 2.75) is 0 Å². The van der Waals surface area contributed by atoms with Gasteiger partial charge in [-0.1, -0.05) is 11.6 Å². The zero-order valence-corrected chi connectivity index (χ0v) is 7.78. The van der Waals surface area contributed by atoms with Crippen molar-refractivity contribution in [1.82, 2.24) is 9.97 Å². The second-order valence-electron chi connectivity index (χ2n) is 2.18. The van der Waals surface area contributed by atoms with Crippen molar-refractivity contribution in [2.24, 2.45) is 0 Å². The van der Waals surface area contributed by atoms with Crippen LogP contribution in [0.4, 0.5) is 0 Å². The van der Waals surface area contributed by atoms with Crippen LogP contribution in [-0.4, -0.2) is 9.97 Å². The van der Waals surface area contributed by atoms with Crippen LogP contribution in [0.5, 0.6) is 0 Å². The van der Waals surface area contributed by atoms with Gasteiger partial charge in [-0.25, -0.2) is 4.98 Å². The van der Waals surface area contributed by atoms with Crippen molar-refractivity contribution < 1.29 is 0 Å². The van der Waals surface area contributed by atoms with Crippen molar-refractivity contribution in [2.75, 3.05) is 0 Å². The van der Waals surface area contributed by atoms with Crippen molar-refractivity contribution in [1.29, 1.82) is 0 Å². The predicted octanol–water partition coefficient (Wildman–Crippen LogP) is 2.98. The standard InChI is InChI=1S/C7H4BrClN2/c8-6-3-4-5(11-6)1-2-10-7(4)9/h1-3,11H. The third kappa shape index (κ3) is 1.14. The number of nitrogens with zero attached hydrogens (tertiary/aromatic N) is 1. The van der Waals surface area contributed by atoms with Gasteiger partial charge in [0.15, 0.2) is 0 Å². The Morgan fingerprint density at radius 2 is 2.36 bits per heavy atom. The lowest BCUT2D eigenvalue weighted by Crippen LogP contribution is -1.73. The molecule has 56 valence electrons. The summed E-state index contributed by atoms with van der Waals surface area (Å²) in [5, 5.41) is 1.48. The second-order valence-corrected chi connectivity index (χ2v) is 3.39. The molecule has 2 rings (SSSR count). The Bertz CT molecular complexity index is 396. The fourth-order valence-corrected chi connectivity index (χ4v) is 1.64. The fraction of sp³-hybridized carbons (Fsp3) is 0. The molecule has 0 saturated heterocycles. The molecule has 0 radical (unpaired) electrons. The third-order valence-electron chi connectivity index (χ3n) is 1.47. The molecule has 0 aliphatic rings. The van der Waals surface area contributed by atoms with Gasteiger partial charge in [0, 0.05) is 11.6 Å². The summed E-state index contributed by atoms with van der Waals surface area (Å²) in [4.78, 5) is 7.04. The van der Waals surface area contributed by atoms with Gasteiger partial charge in [-0.05, 0) is 28.1 Å². The van der Waals surface area contributed by atoms with Crippen LogP contribution in [0, 0.1) is 0 Å². The highest BCUT2D eigenvalue weighted by molar-refractivity contribution is 9.10. The van der Waals surface area contributed by atoms with E-state index in [1.165, 1.54) is 0 Å². The molecule has 0 spiro atoms. The van der Waals surface area contributed by atoms with Crippen molar-refractivity contribution in [3.63, 3.8) is 0 Å². The Hall–Kier alpha value is -0.540. The molecule has 0 aliphatic heterocycles. The van der Waals surface area contributed by atoms with Crippen LogP contribution < -0.4 is 0 Å². The molecule has 0 amide bonds. The monoisotopic (exact) mass is 230 g/mol. The molecule has 0 aliphatic carbocycles. The molecule has 0 fully saturated rings. The van der Waals surface area contributed by atoms with E-state index in [2.05, 4.69) is 25.9 Å². The summed E-state index contributed by atoms with van der Waals surface area (Å²) in [5.74, 6) is 0. The van der Waals surface area contributed by atoms with Gasteiger partial charge in [0.25, 0.3) is 0 Å². The average Bonchev–Trinajstić information content (AvgIpc) is 2.31. The molecule has 0 unspecified atom stereocenters. The minimum atomic E-state index is 0.532. The van der Waals surface area contributed by atoms with Gasteiger partial charge in [-0.2, -0.15) is 0 Å². The van der Waals surface area contributed by atoms with E-state index in [4.69, 9.17) is 11.6 Å². The number of halogens is 2. The molecule has 1 N–H and O–H groups in total. The van der Waals surface area contributed by atoms with E-state index in [0.717, 1.165) is 15.5 Å². The minimum Gasteiger partial charge on any atom is -0.349 e. The molecule has 0 saturated carbocycles. The molecule has 2 aromatic rings. The normalized spacial score (nSPS) is 10.7. The van der Waals surface area contributed by atoms with E-state index in [0.29, 0.717) is 5.15 Å². The summed E-state index contributed by atoms with van der Waals surface area (Å²) < 4.78 is 0.919. The van der Waals surface area contributed by atoms with Crippen LogP contribution in [0.15, 0.2) is 22.9 Å². The Morgan fingerprint density at radius 1 is 1.55 bits per heavy atom. The number of hydrogen-bond donors (Lipinski definition) is 1. The summed E-state index contributed by atoms with van der Waals surface area (Å²) in [7, 11) is 0. The SMILES string of the molecule is Clc1nccc2[nH]c(Br)cc12. The number of aromatic nitrogens is 2. The van der Waals surface area contributed by atoms with E-state index >= 15 is 0 Å². The Labute approximate surface area is 76.7 Å². The molecule has 2 nitrogen and oxygen atoms in total. The zero-order chi connectivity index (χ0) is 7.84. The maximum absolute atomic E-state index is 5.82. The molecule has 0 atom stereocenters. The number of H-pyrrole nitrogens is 1. The molecular weight excluding hydrogens is 227 g/mol. The molecule has 2 heterocycles. The summed E-state index contributed by atoms with van der Waals surface area (Å²) in [6, 6.07) is 3.79. The third-order valence-corrected chi connectivity index (χ3v) is 2.20. The Balaban J connectivity index is 2.90. The number of aromatic amines is 1. The maximum Gasteiger partial charge on any atom is 0.138 e. The van der Waals surface area contributed by atoms with Gasteiger partial charge in [-0.3, -0.25) is 0 Å². The van der Waals surface area contributed by atoms with E-state index in [-0.39, 0.29) is 0 Å². The summed E-state index contributed by atoms with van der Waals surface area (Å²) >= 11 is 9.14. The predicted molar refractivity (Wildman–Crippen MR) is 48.8 cm³/mol. The summed E-state index contributed by atoms with van der Waals surface area (Å²) in [5.41, 5.74) is 0.997. The van der Waals surface area contributed by atoms with Crippen LogP contribution in [0.25, 0.3) is 10.9 Å². The number of rotatable bonds is 0. The maximum atomic E-state index is 5.82. The Kier molecular flexibility index (Phi) is 1.62. The second kappa shape index (κ2) is 2.50. The van der Waals surface area contributed by atoms with Gasteiger partial charge >= 0.3 is 0 Å². The minimum absolute atomic E-state index is 0.532. The van der Waals surface area contributed by atoms with Gasteiger partial charge < -0.3 is 4.98 Å². The van der Waals surface area contributed by atoms with Crippen LogP contribution in [0.2, 0.25) is 5.15 Å². The fourth-order valence-electron chi connectivity index (χ4n) is 0.985. The first kappa shape index (κ1) is 7.13. The van der Waals surface area contributed by atoms with Gasteiger partial charge in [-0.15, -0.1) is 0 Å². The van der Waals surface area contributed by atoms with Crippen molar-refractivity contribution >= 4 is 38.4 Å². The molecule has 0 aromatic carbocycles. The quantitative estimate of drug-likeness (QED) is 0.694. The first-order valence-electron chi connectivity index (χ1n) is 3.06. The van der Waals surface area contributed by atoms with Crippen LogP contribution >= 0.6 is 27.5 Å². The van der Waals surface area contributed by atoms with Gasteiger partial charge in [0.2, 0.25) is 0 Å².